The minimum Gasteiger partial charge on any atom is -0.397 e. The largest absolute Gasteiger partial charge is 0.397 e. The normalized spacial score (nSPS) is 10.3. The van der Waals surface area contributed by atoms with Gasteiger partial charge in [-0.05, 0) is 52.7 Å². The number of aryl methyl sites for hydroxylation is 1. The first-order valence-electron chi connectivity index (χ1n) is 5.00. The summed E-state index contributed by atoms with van der Waals surface area (Å²) >= 11 is 9.35. The molecule has 0 saturated carbocycles. The number of rotatable bonds is 2. The van der Waals surface area contributed by atoms with Crippen molar-refractivity contribution in [2.45, 2.75) is 6.92 Å². The first kappa shape index (κ1) is 12.2. The predicted molar refractivity (Wildman–Crippen MR) is 75.8 cm³/mol. The van der Waals surface area contributed by atoms with Crippen LogP contribution in [-0.2, 0) is 0 Å². The van der Waals surface area contributed by atoms with E-state index in [1.807, 2.05) is 31.2 Å². The lowest BCUT2D eigenvalue weighted by Gasteiger charge is -2.08. The van der Waals surface area contributed by atoms with Crippen LogP contribution in [0.3, 0.4) is 0 Å². The molecule has 0 aliphatic carbocycles. The van der Waals surface area contributed by atoms with Crippen molar-refractivity contribution in [1.29, 1.82) is 0 Å². The van der Waals surface area contributed by atoms with Crippen molar-refractivity contribution in [3.05, 3.63) is 45.5 Å². The quantitative estimate of drug-likeness (QED) is 0.876. The number of hydrogen-bond donors (Lipinski definition) is 2. The van der Waals surface area contributed by atoms with Gasteiger partial charge in [0.05, 0.1) is 16.9 Å². The number of hydrogen-bond acceptors (Lipinski definition) is 3. The van der Waals surface area contributed by atoms with Crippen LogP contribution >= 0.6 is 27.5 Å². The molecule has 3 nitrogen and oxygen atoms in total. The van der Waals surface area contributed by atoms with Gasteiger partial charge in [0.2, 0.25) is 0 Å². The number of nitrogens with one attached hydrogen (secondary N) is 1. The third-order valence-electron chi connectivity index (χ3n) is 2.34. The molecule has 17 heavy (non-hydrogen) atoms. The number of nitrogens with zero attached hydrogens (tertiary/aromatic N) is 1. The zero-order chi connectivity index (χ0) is 12.4. The summed E-state index contributed by atoms with van der Waals surface area (Å²) in [7, 11) is 0. The summed E-state index contributed by atoms with van der Waals surface area (Å²) in [5.74, 6) is 0.745. The van der Waals surface area contributed by atoms with Gasteiger partial charge in [-0.15, -0.1) is 0 Å². The van der Waals surface area contributed by atoms with Crippen LogP contribution < -0.4 is 11.1 Å². The third kappa shape index (κ3) is 2.90. The number of aromatic nitrogens is 1. The van der Waals surface area contributed by atoms with Crippen LogP contribution in [0.2, 0.25) is 5.02 Å². The lowest BCUT2D eigenvalue weighted by atomic mass is 10.2. The Morgan fingerprint density at radius 1 is 1.35 bits per heavy atom. The zero-order valence-corrected chi connectivity index (χ0v) is 11.5. The Labute approximate surface area is 113 Å². The summed E-state index contributed by atoms with van der Waals surface area (Å²) in [5, 5.41) is 3.82. The highest BCUT2D eigenvalue weighted by Gasteiger charge is 2.02. The summed E-state index contributed by atoms with van der Waals surface area (Å²) in [6.07, 6.45) is 1.64. The predicted octanol–water partition coefficient (Wildman–Crippen LogP) is 4.13. The lowest BCUT2D eigenvalue weighted by Crippen LogP contribution is -1.97. The molecule has 0 saturated heterocycles. The molecular formula is C12H11BrClN3. The molecule has 0 unspecified atom stereocenters. The number of pyridine rings is 1. The van der Waals surface area contributed by atoms with Crippen molar-refractivity contribution in [3.63, 3.8) is 0 Å². The Morgan fingerprint density at radius 3 is 2.76 bits per heavy atom. The second-order valence-electron chi connectivity index (χ2n) is 3.68. The second-order valence-corrected chi connectivity index (χ2v) is 4.94. The van der Waals surface area contributed by atoms with Crippen LogP contribution in [0.5, 0.6) is 0 Å². The number of nitrogens with two attached hydrogens (primary N) is 1. The van der Waals surface area contributed by atoms with Crippen LogP contribution in [0.15, 0.2) is 34.9 Å². The van der Waals surface area contributed by atoms with Gasteiger partial charge in [-0.1, -0.05) is 11.6 Å². The Morgan fingerprint density at radius 2 is 2.12 bits per heavy atom. The number of anilines is 3. The summed E-state index contributed by atoms with van der Waals surface area (Å²) < 4.78 is 0.867. The minimum atomic E-state index is 0.655. The van der Waals surface area contributed by atoms with Crippen molar-refractivity contribution >= 4 is 44.7 Å². The standard InChI is InChI=1S/C12H11BrClN3/c1-7-4-12(16-6-11(7)15)17-8-2-3-9(13)10(14)5-8/h2-6H,15H2,1H3,(H,16,17). The van der Waals surface area contributed by atoms with E-state index in [2.05, 4.69) is 26.2 Å². The summed E-state index contributed by atoms with van der Waals surface area (Å²) in [5.41, 5.74) is 8.27. The van der Waals surface area contributed by atoms with E-state index in [0.717, 1.165) is 21.5 Å². The van der Waals surface area contributed by atoms with Gasteiger partial charge in [0.1, 0.15) is 5.82 Å². The van der Waals surface area contributed by atoms with Gasteiger partial charge in [0.15, 0.2) is 0 Å². The highest BCUT2D eigenvalue weighted by molar-refractivity contribution is 9.10. The molecular weight excluding hydrogens is 302 g/mol. The Kier molecular flexibility index (Phi) is 3.54. The highest BCUT2D eigenvalue weighted by atomic mass is 79.9. The van der Waals surface area contributed by atoms with E-state index < -0.39 is 0 Å². The lowest BCUT2D eigenvalue weighted by molar-refractivity contribution is 1.28. The second kappa shape index (κ2) is 4.94. The number of halogens is 2. The van der Waals surface area contributed by atoms with Crippen molar-refractivity contribution in [1.82, 2.24) is 4.98 Å². The molecule has 0 aliphatic rings. The maximum atomic E-state index is 6.01. The van der Waals surface area contributed by atoms with E-state index in [1.165, 1.54) is 0 Å². The molecule has 2 aromatic rings. The van der Waals surface area contributed by atoms with Crippen molar-refractivity contribution in [2.75, 3.05) is 11.1 Å². The van der Waals surface area contributed by atoms with Crippen LogP contribution in [0, 0.1) is 6.92 Å². The Balaban J connectivity index is 2.25. The molecule has 1 aromatic heterocycles. The molecule has 0 bridgehead atoms. The molecule has 0 radical (unpaired) electrons. The van der Waals surface area contributed by atoms with E-state index in [0.29, 0.717) is 10.7 Å². The molecule has 0 aliphatic heterocycles. The van der Waals surface area contributed by atoms with Crippen molar-refractivity contribution in [2.24, 2.45) is 0 Å². The van der Waals surface area contributed by atoms with E-state index in [9.17, 15) is 0 Å². The van der Waals surface area contributed by atoms with Gasteiger partial charge < -0.3 is 11.1 Å². The van der Waals surface area contributed by atoms with Crippen molar-refractivity contribution in [3.8, 4) is 0 Å². The molecule has 0 fully saturated rings. The molecule has 0 atom stereocenters. The Bertz CT molecular complexity index is 508. The summed E-state index contributed by atoms with van der Waals surface area (Å²) in [6.45, 7) is 1.94. The van der Waals surface area contributed by atoms with Gasteiger partial charge in [-0.2, -0.15) is 0 Å². The minimum absolute atomic E-state index is 0.655. The molecule has 1 heterocycles. The van der Waals surface area contributed by atoms with E-state index in [1.54, 1.807) is 6.20 Å². The van der Waals surface area contributed by atoms with E-state index >= 15 is 0 Å². The summed E-state index contributed by atoms with van der Waals surface area (Å²) in [6, 6.07) is 7.53. The number of benzene rings is 1. The molecule has 1 aromatic carbocycles. The fourth-order valence-electron chi connectivity index (χ4n) is 1.36. The third-order valence-corrected chi connectivity index (χ3v) is 3.58. The molecule has 3 N–H and O–H groups in total. The Hall–Kier alpha value is -1.26. The van der Waals surface area contributed by atoms with Gasteiger partial charge >= 0.3 is 0 Å². The number of nitrogen functional groups attached to an aromatic ring is 1. The maximum absolute atomic E-state index is 6.01. The van der Waals surface area contributed by atoms with Crippen LogP contribution in [0.1, 0.15) is 5.56 Å². The first-order valence-corrected chi connectivity index (χ1v) is 6.17. The fraction of sp³-hybridized carbons (Fsp3) is 0.0833. The highest BCUT2D eigenvalue weighted by Crippen LogP contribution is 2.27. The van der Waals surface area contributed by atoms with Crippen LogP contribution in [-0.4, -0.2) is 4.98 Å². The molecule has 0 spiro atoms. The average molecular weight is 313 g/mol. The molecule has 2 rings (SSSR count). The monoisotopic (exact) mass is 311 g/mol. The smallest absolute Gasteiger partial charge is 0.130 e. The van der Waals surface area contributed by atoms with Gasteiger partial charge in [-0.3, -0.25) is 0 Å². The SMILES string of the molecule is Cc1cc(Nc2ccc(Br)c(Cl)c2)ncc1N. The van der Waals surface area contributed by atoms with Crippen molar-refractivity contribution < 1.29 is 0 Å². The van der Waals surface area contributed by atoms with Gasteiger partial charge in [0, 0.05) is 10.2 Å². The van der Waals surface area contributed by atoms with Crippen LogP contribution in [0.25, 0.3) is 0 Å². The average Bonchev–Trinajstić information content (AvgIpc) is 2.29. The molecule has 0 amide bonds. The van der Waals surface area contributed by atoms with E-state index in [4.69, 9.17) is 17.3 Å². The van der Waals surface area contributed by atoms with Gasteiger partial charge in [0.25, 0.3) is 0 Å². The summed E-state index contributed by atoms with van der Waals surface area (Å²) in [4.78, 5) is 4.20. The van der Waals surface area contributed by atoms with Gasteiger partial charge in [-0.25, -0.2) is 4.98 Å². The zero-order valence-electron chi connectivity index (χ0n) is 9.17. The van der Waals surface area contributed by atoms with E-state index in [-0.39, 0.29) is 0 Å². The topological polar surface area (TPSA) is 50.9 Å². The maximum Gasteiger partial charge on any atom is 0.130 e. The first-order chi connectivity index (χ1) is 8.06. The fourth-order valence-corrected chi connectivity index (χ4v) is 1.78. The van der Waals surface area contributed by atoms with Crippen LogP contribution in [0.4, 0.5) is 17.2 Å². The molecule has 88 valence electrons. The molecule has 5 heteroatoms.